The van der Waals surface area contributed by atoms with Gasteiger partial charge in [-0.25, -0.2) is 0 Å². The molecule has 3 nitrogen and oxygen atoms in total. The quantitative estimate of drug-likeness (QED) is 0.553. The minimum atomic E-state index is -0.288. The SMILES string of the molecule is C1=CC(C2=Cc3ccccc3OC2C2C=Cc3ccccc3O2)Oc2ccccc21. The molecule has 0 radical (unpaired) electrons. The molecule has 3 aliphatic heterocycles. The summed E-state index contributed by atoms with van der Waals surface area (Å²) < 4.78 is 19.2. The first-order valence-corrected chi connectivity index (χ1v) is 10.2. The second kappa shape index (κ2) is 6.96. The predicted molar refractivity (Wildman–Crippen MR) is 119 cm³/mol. The highest BCUT2D eigenvalue weighted by Crippen LogP contribution is 2.38. The molecule has 3 heterocycles. The first-order valence-electron chi connectivity index (χ1n) is 10.2. The second-order valence-electron chi connectivity index (χ2n) is 7.64. The van der Waals surface area contributed by atoms with Crippen molar-refractivity contribution in [1.29, 1.82) is 0 Å². The molecule has 6 rings (SSSR count). The Labute approximate surface area is 175 Å². The smallest absolute Gasteiger partial charge is 0.164 e. The Morgan fingerprint density at radius 2 is 1.10 bits per heavy atom. The summed E-state index contributed by atoms with van der Waals surface area (Å²) in [6, 6.07) is 24.2. The van der Waals surface area contributed by atoms with E-state index in [2.05, 4.69) is 48.6 Å². The van der Waals surface area contributed by atoms with Crippen molar-refractivity contribution in [2.75, 3.05) is 0 Å². The molecule has 3 unspecified atom stereocenters. The molecule has 0 aromatic heterocycles. The maximum atomic E-state index is 6.48. The summed E-state index contributed by atoms with van der Waals surface area (Å²) in [4.78, 5) is 0. The van der Waals surface area contributed by atoms with Gasteiger partial charge in [-0.3, -0.25) is 0 Å². The van der Waals surface area contributed by atoms with Gasteiger partial charge < -0.3 is 14.2 Å². The topological polar surface area (TPSA) is 27.7 Å². The summed E-state index contributed by atoms with van der Waals surface area (Å²) in [5.41, 5.74) is 4.28. The Kier molecular flexibility index (Phi) is 3.98. The van der Waals surface area contributed by atoms with Crippen LogP contribution in [0.5, 0.6) is 17.2 Å². The van der Waals surface area contributed by atoms with Gasteiger partial charge in [0.1, 0.15) is 23.4 Å². The molecule has 0 N–H and O–H groups in total. The average molecular weight is 392 g/mol. The molecule has 3 atom stereocenters. The molecular formula is C27H20O3. The number of rotatable bonds is 2. The van der Waals surface area contributed by atoms with Crippen LogP contribution in [0.3, 0.4) is 0 Å². The lowest BCUT2D eigenvalue weighted by Crippen LogP contribution is -2.43. The number of hydrogen-bond acceptors (Lipinski definition) is 3. The fourth-order valence-electron chi connectivity index (χ4n) is 4.22. The Balaban J connectivity index is 1.39. The minimum Gasteiger partial charge on any atom is -0.481 e. The average Bonchev–Trinajstić information content (AvgIpc) is 2.82. The summed E-state index contributed by atoms with van der Waals surface area (Å²) in [6.45, 7) is 0. The molecule has 146 valence electrons. The van der Waals surface area contributed by atoms with Crippen molar-refractivity contribution < 1.29 is 14.2 Å². The predicted octanol–water partition coefficient (Wildman–Crippen LogP) is 5.78. The van der Waals surface area contributed by atoms with Crippen molar-refractivity contribution in [1.82, 2.24) is 0 Å². The van der Waals surface area contributed by atoms with Crippen LogP contribution in [-0.4, -0.2) is 18.3 Å². The molecule has 30 heavy (non-hydrogen) atoms. The fraction of sp³-hybridized carbons (Fsp3) is 0.111. The van der Waals surface area contributed by atoms with E-state index in [0.717, 1.165) is 39.5 Å². The molecule has 3 aromatic rings. The van der Waals surface area contributed by atoms with Crippen LogP contribution in [-0.2, 0) is 0 Å². The van der Waals surface area contributed by atoms with E-state index < -0.39 is 0 Å². The first-order chi connectivity index (χ1) is 14.8. The Morgan fingerprint density at radius 3 is 1.83 bits per heavy atom. The standard InChI is InChI=1S/C27H20O3/c1-4-10-22-18(7-1)13-15-25(28-22)21-17-20-9-3-6-12-24(20)30-27(21)26-16-14-19-8-2-5-11-23(19)29-26/h1-17,25-27H. The lowest BCUT2D eigenvalue weighted by Gasteiger charge is -2.36. The van der Waals surface area contributed by atoms with Gasteiger partial charge in [0.25, 0.3) is 0 Å². The van der Waals surface area contributed by atoms with Gasteiger partial charge in [-0.2, -0.15) is 0 Å². The number of para-hydroxylation sites is 3. The van der Waals surface area contributed by atoms with E-state index in [4.69, 9.17) is 14.2 Å². The molecule has 0 bridgehead atoms. The van der Waals surface area contributed by atoms with Crippen LogP contribution in [0.1, 0.15) is 16.7 Å². The van der Waals surface area contributed by atoms with Crippen molar-refractivity contribution in [2.24, 2.45) is 0 Å². The highest BCUT2D eigenvalue weighted by molar-refractivity contribution is 5.68. The highest BCUT2D eigenvalue weighted by Gasteiger charge is 2.37. The fourth-order valence-corrected chi connectivity index (χ4v) is 4.22. The largest absolute Gasteiger partial charge is 0.481 e. The lowest BCUT2D eigenvalue weighted by atomic mass is 9.91. The third kappa shape index (κ3) is 2.91. The van der Waals surface area contributed by atoms with Gasteiger partial charge in [0.2, 0.25) is 0 Å². The van der Waals surface area contributed by atoms with Crippen molar-refractivity contribution in [3.8, 4) is 17.2 Å². The number of fused-ring (bicyclic) bond motifs is 3. The summed E-state index contributed by atoms with van der Waals surface area (Å²) in [5, 5.41) is 0. The number of ether oxygens (including phenoxy) is 3. The van der Waals surface area contributed by atoms with Crippen LogP contribution >= 0.6 is 0 Å². The Hall–Kier alpha value is -3.72. The summed E-state index contributed by atoms with van der Waals surface area (Å²) in [5.74, 6) is 2.62. The van der Waals surface area contributed by atoms with Gasteiger partial charge in [0.05, 0.1) is 0 Å². The molecule has 0 saturated heterocycles. The highest BCUT2D eigenvalue weighted by atomic mass is 16.5. The van der Waals surface area contributed by atoms with Crippen LogP contribution in [0.2, 0.25) is 0 Å². The van der Waals surface area contributed by atoms with Crippen LogP contribution in [0.25, 0.3) is 18.2 Å². The Bertz CT molecular complexity index is 1200. The zero-order valence-corrected chi connectivity index (χ0v) is 16.3. The monoisotopic (exact) mass is 392 g/mol. The van der Waals surface area contributed by atoms with E-state index in [0.29, 0.717) is 0 Å². The molecule has 0 saturated carbocycles. The number of benzene rings is 3. The molecule has 3 aliphatic rings. The normalized spacial score (nSPS) is 23.1. The Morgan fingerprint density at radius 1 is 0.533 bits per heavy atom. The summed E-state index contributed by atoms with van der Waals surface area (Å²) in [6.07, 6.45) is 9.84. The molecule has 0 spiro atoms. The zero-order chi connectivity index (χ0) is 19.9. The molecular weight excluding hydrogens is 372 g/mol. The second-order valence-corrected chi connectivity index (χ2v) is 7.64. The molecule has 0 amide bonds. The van der Waals surface area contributed by atoms with Gasteiger partial charge >= 0.3 is 0 Å². The van der Waals surface area contributed by atoms with Crippen molar-refractivity contribution in [2.45, 2.75) is 18.3 Å². The van der Waals surface area contributed by atoms with E-state index in [9.17, 15) is 0 Å². The van der Waals surface area contributed by atoms with Crippen molar-refractivity contribution in [3.05, 3.63) is 107 Å². The van der Waals surface area contributed by atoms with Crippen molar-refractivity contribution in [3.63, 3.8) is 0 Å². The van der Waals surface area contributed by atoms with E-state index in [1.807, 2.05) is 54.6 Å². The van der Waals surface area contributed by atoms with Gasteiger partial charge in [-0.05, 0) is 36.4 Å². The summed E-state index contributed by atoms with van der Waals surface area (Å²) >= 11 is 0. The minimum absolute atomic E-state index is 0.215. The van der Waals surface area contributed by atoms with E-state index in [1.165, 1.54) is 0 Å². The van der Waals surface area contributed by atoms with Crippen LogP contribution < -0.4 is 14.2 Å². The summed E-state index contributed by atoms with van der Waals surface area (Å²) in [7, 11) is 0. The van der Waals surface area contributed by atoms with Crippen LogP contribution in [0.4, 0.5) is 0 Å². The van der Waals surface area contributed by atoms with E-state index >= 15 is 0 Å². The molecule has 0 fully saturated rings. The van der Waals surface area contributed by atoms with Gasteiger partial charge in [-0.1, -0.05) is 66.7 Å². The zero-order valence-electron chi connectivity index (χ0n) is 16.3. The maximum absolute atomic E-state index is 6.48. The van der Waals surface area contributed by atoms with Crippen LogP contribution in [0, 0.1) is 0 Å². The number of hydrogen-bond donors (Lipinski definition) is 0. The lowest BCUT2D eigenvalue weighted by molar-refractivity contribution is 0.0899. The molecule has 3 aromatic carbocycles. The maximum Gasteiger partial charge on any atom is 0.164 e. The van der Waals surface area contributed by atoms with E-state index in [1.54, 1.807) is 0 Å². The molecule has 0 aliphatic carbocycles. The first kappa shape index (κ1) is 17.2. The molecule has 3 heteroatoms. The van der Waals surface area contributed by atoms with Gasteiger partial charge in [0, 0.05) is 22.3 Å². The van der Waals surface area contributed by atoms with Crippen molar-refractivity contribution >= 4 is 18.2 Å². The van der Waals surface area contributed by atoms with Gasteiger partial charge in [-0.15, -0.1) is 0 Å². The third-order valence-electron chi connectivity index (χ3n) is 5.72. The third-order valence-corrected chi connectivity index (χ3v) is 5.72. The van der Waals surface area contributed by atoms with Crippen LogP contribution in [0.15, 0.2) is 90.5 Å². The van der Waals surface area contributed by atoms with E-state index in [-0.39, 0.29) is 18.3 Å². The van der Waals surface area contributed by atoms with Gasteiger partial charge in [0.15, 0.2) is 12.2 Å².